The van der Waals surface area contributed by atoms with E-state index in [-0.39, 0.29) is 34.8 Å². The minimum Gasteiger partial charge on any atom is -0.467 e. The molecule has 1 aromatic heterocycles. The number of nitrogens with zero attached hydrogens (tertiary/aromatic N) is 1. The molecule has 3 atom stereocenters. The minimum absolute atomic E-state index is 0.0581. The van der Waals surface area contributed by atoms with E-state index in [2.05, 4.69) is 31.8 Å². The van der Waals surface area contributed by atoms with Crippen LogP contribution in [0.4, 0.5) is 11.4 Å². The molecule has 1 aliphatic heterocycles. The number of thiol groups is 1. The van der Waals surface area contributed by atoms with E-state index in [0.29, 0.717) is 12.2 Å². The van der Waals surface area contributed by atoms with Gasteiger partial charge >= 0.3 is 0 Å². The normalized spacial score (nSPS) is 26.6. The number of carbonyl (C=O) groups is 2. The third-order valence-corrected chi connectivity index (χ3v) is 5.86. The highest BCUT2D eigenvalue weighted by atomic mass is 32.1. The first-order valence-corrected chi connectivity index (χ1v) is 9.89. The first-order valence-electron chi connectivity index (χ1n) is 9.26. The van der Waals surface area contributed by atoms with Crippen molar-refractivity contribution in [2.45, 2.75) is 38.8 Å². The number of benzene rings is 1. The van der Waals surface area contributed by atoms with E-state index >= 15 is 0 Å². The van der Waals surface area contributed by atoms with Crippen LogP contribution in [-0.4, -0.2) is 23.5 Å². The Kier molecular flexibility index (Phi) is 4.54. The third-order valence-electron chi connectivity index (χ3n) is 5.59. The zero-order valence-electron chi connectivity index (χ0n) is 15.5. The summed E-state index contributed by atoms with van der Waals surface area (Å²) in [6.45, 7) is 4.25. The second kappa shape index (κ2) is 6.75. The summed E-state index contributed by atoms with van der Waals surface area (Å²) < 4.78 is 5.72. The lowest BCUT2D eigenvalue weighted by Gasteiger charge is -2.43. The number of fused-ring (bicyclic) bond motifs is 2. The highest BCUT2D eigenvalue weighted by Gasteiger charge is 2.50. The van der Waals surface area contributed by atoms with Gasteiger partial charge < -0.3 is 9.73 Å². The van der Waals surface area contributed by atoms with Crippen LogP contribution in [-0.2, 0) is 9.59 Å². The maximum atomic E-state index is 13.3. The summed E-state index contributed by atoms with van der Waals surface area (Å²) in [6.07, 6.45) is 2.93. The molecule has 4 rings (SSSR count). The van der Waals surface area contributed by atoms with Crippen LogP contribution in [0.3, 0.4) is 0 Å². The number of Topliss-reactive ketones (excluding diaryl/α,β-unsaturated/α-hetero) is 1. The molecule has 142 valence electrons. The van der Waals surface area contributed by atoms with Crippen LogP contribution in [0.25, 0.3) is 0 Å². The number of carbonyl (C=O) groups excluding carboxylic acids is 2. The van der Waals surface area contributed by atoms with E-state index in [1.807, 2.05) is 30.3 Å². The van der Waals surface area contributed by atoms with E-state index in [9.17, 15) is 9.59 Å². The SMILES string of the molecule is CC1(C)CC(=O)[C@H]2[C@H](C1)Nc1ccccc1N(C(=O)CS)[C@@H]2c1ccco1. The maximum Gasteiger partial charge on any atom is 0.237 e. The molecule has 0 radical (unpaired) electrons. The molecule has 1 amide bonds. The molecule has 1 aromatic carbocycles. The Morgan fingerprint density at radius 2 is 2.07 bits per heavy atom. The van der Waals surface area contributed by atoms with Gasteiger partial charge in [-0.05, 0) is 36.1 Å². The first-order chi connectivity index (χ1) is 12.9. The van der Waals surface area contributed by atoms with Crippen LogP contribution in [0.5, 0.6) is 0 Å². The molecule has 0 saturated heterocycles. The van der Waals surface area contributed by atoms with E-state index < -0.39 is 6.04 Å². The minimum atomic E-state index is -0.482. The van der Waals surface area contributed by atoms with Gasteiger partial charge in [0.15, 0.2) is 0 Å². The summed E-state index contributed by atoms with van der Waals surface area (Å²) in [5.74, 6) is 0.331. The number of rotatable bonds is 2. The van der Waals surface area contributed by atoms with Crippen molar-refractivity contribution < 1.29 is 14.0 Å². The molecule has 0 unspecified atom stereocenters. The van der Waals surface area contributed by atoms with Crippen LogP contribution in [0.1, 0.15) is 38.5 Å². The molecule has 2 heterocycles. The molecule has 0 bridgehead atoms. The lowest BCUT2D eigenvalue weighted by molar-refractivity contribution is -0.129. The fourth-order valence-electron chi connectivity index (χ4n) is 4.59. The molecule has 1 N–H and O–H groups in total. The van der Waals surface area contributed by atoms with E-state index in [4.69, 9.17) is 4.42 Å². The smallest absolute Gasteiger partial charge is 0.237 e. The Hall–Kier alpha value is -2.21. The van der Waals surface area contributed by atoms with Crippen molar-refractivity contribution in [3.05, 3.63) is 48.4 Å². The average Bonchev–Trinajstić information content (AvgIpc) is 3.09. The molecular formula is C21H24N2O3S. The quantitative estimate of drug-likeness (QED) is 0.766. The summed E-state index contributed by atoms with van der Waals surface area (Å²) in [7, 11) is 0. The lowest BCUT2D eigenvalue weighted by Crippen LogP contribution is -2.50. The number of anilines is 2. The van der Waals surface area contributed by atoms with Gasteiger partial charge in [0.25, 0.3) is 0 Å². The Morgan fingerprint density at radius 1 is 1.30 bits per heavy atom. The van der Waals surface area contributed by atoms with Gasteiger partial charge in [-0.15, -0.1) is 0 Å². The summed E-state index contributed by atoms with van der Waals surface area (Å²) in [5, 5.41) is 3.57. The Morgan fingerprint density at radius 3 is 2.78 bits per heavy atom. The average molecular weight is 385 g/mol. The highest BCUT2D eigenvalue weighted by Crippen LogP contribution is 2.49. The van der Waals surface area contributed by atoms with Gasteiger partial charge in [0.05, 0.1) is 29.3 Å². The molecule has 1 saturated carbocycles. The van der Waals surface area contributed by atoms with Gasteiger partial charge in [-0.1, -0.05) is 26.0 Å². The van der Waals surface area contributed by atoms with E-state index in [1.165, 1.54) is 0 Å². The number of hydrogen-bond donors (Lipinski definition) is 2. The zero-order chi connectivity index (χ0) is 19.2. The number of para-hydroxylation sites is 2. The Labute approximate surface area is 164 Å². The lowest BCUT2D eigenvalue weighted by atomic mass is 9.67. The van der Waals surface area contributed by atoms with Crippen molar-refractivity contribution >= 4 is 35.7 Å². The predicted octanol–water partition coefficient (Wildman–Crippen LogP) is 4.08. The van der Waals surface area contributed by atoms with Crippen LogP contribution in [0.2, 0.25) is 0 Å². The van der Waals surface area contributed by atoms with Gasteiger partial charge in [0.1, 0.15) is 17.6 Å². The van der Waals surface area contributed by atoms with Gasteiger partial charge in [0, 0.05) is 12.5 Å². The molecule has 0 spiro atoms. The van der Waals surface area contributed by atoms with Gasteiger partial charge in [-0.25, -0.2) is 0 Å². The van der Waals surface area contributed by atoms with Crippen molar-refractivity contribution in [2.24, 2.45) is 11.3 Å². The van der Waals surface area contributed by atoms with Crippen LogP contribution >= 0.6 is 12.6 Å². The fourth-order valence-corrected chi connectivity index (χ4v) is 4.74. The summed E-state index contributed by atoms with van der Waals surface area (Å²) >= 11 is 4.23. The van der Waals surface area contributed by atoms with Gasteiger partial charge in [-0.3, -0.25) is 14.5 Å². The monoisotopic (exact) mass is 384 g/mol. The van der Waals surface area contributed by atoms with E-state index in [1.54, 1.807) is 17.2 Å². The largest absolute Gasteiger partial charge is 0.467 e. The molecule has 27 heavy (non-hydrogen) atoms. The van der Waals surface area contributed by atoms with Crippen molar-refractivity contribution in [2.75, 3.05) is 16.0 Å². The number of hydrogen-bond acceptors (Lipinski definition) is 5. The Balaban J connectivity index is 1.92. The van der Waals surface area contributed by atoms with E-state index in [0.717, 1.165) is 17.8 Å². The number of nitrogens with one attached hydrogen (secondary N) is 1. The fraction of sp³-hybridized carbons (Fsp3) is 0.429. The molecular weight excluding hydrogens is 360 g/mol. The van der Waals surface area contributed by atoms with Gasteiger partial charge in [-0.2, -0.15) is 12.6 Å². The number of amides is 1. The second-order valence-corrected chi connectivity index (χ2v) is 8.50. The summed E-state index contributed by atoms with van der Waals surface area (Å²) in [6, 6.07) is 10.8. The zero-order valence-corrected chi connectivity index (χ0v) is 16.4. The first kappa shape index (κ1) is 18.2. The molecule has 5 nitrogen and oxygen atoms in total. The third kappa shape index (κ3) is 3.16. The standard InChI is InChI=1S/C21H24N2O3S/c1-21(2)10-14-19(16(24)11-21)20(17-8-5-9-26-17)23(18(25)12-27)15-7-4-3-6-13(15)22-14/h3-9,14,19-20,22,27H,10-12H2,1-2H3/t14-,19+,20+/m0/s1. The molecule has 1 aliphatic carbocycles. The molecule has 2 aliphatic rings. The molecule has 6 heteroatoms. The van der Waals surface area contributed by atoms with Crippen LogP contribution in [0, 0.1) is 11.3 Å². The van der Waals surface area contributed by atoms with Crippen molar-refractivity contribution in [1.82, 2.24) is 0 Å². The number of ketones is 1. The summed E-state index contributed by atoms with van der Waals surface area (Å²) in [5.41, 5.74) is 1.54. The van der Waals surface area contributed by atoms with Crippen LogP contribution < -0.4 is 10.2 Å². The van der Waals surface area contributed by atoms with Gasteiger partial charge in [0.2, 0.25) is 5.91 Å². The predicted molar refractivity (Wildman–Crippen MR) is 108 cm³/mol. The maximum absolute atomic E-state index is 13.3. The molecule has 1 fully saturated rings. The van der Waals surface area contributed by atoms with Crippen molar-refractivity contribution in [1.29, 1.82) is 0 Å². The topological polar surface area (TPSA) is 62.6 Å². The second-order valence-electron chi connectivity index (χ2n) is 8.19. The Bertz CT molecular complexity index is 862. The number of furan rings is 1. The van der Waals surface area contributed by atoms with Crippen molar-refractivity contribution in [3.8, 4) is 0 Å². The summed E-state index contributed by atoms with van der Waals surface area (Å²) in [4.78, 5) is 27.9. The van der Waals surface area contributed by atoms with Crippen molar-refractivity contribution in [3.63, 3.8) is 0 Å². The highest BCUT2D eigenvalue weighted by molar-refractivity contribution is 7.81. The van der Waals surface area contributed by atoms with Crippen LogP contribution in [0.15, 0.2) is 47.1 Å². The molecule has 2 aromatic rings.